The molecule has 21 heavy (non-hydrogen) atoms. The number of benzene rings is 1. The lowest BCUT2D eigenvalue weighted by molar-refractivity contribution is -0.136. The monoisotopic (exact) mass is 288 g/mol. The van der Waals surface area contributed by atoms with E-state index in [0.29, 0.717) is 13.1 Å². The van der Waals surface area contributed by atoms with Crippen LogP contribution < -0.4 is 10.5 Å². The Hall–Kier alpha value is -2.30. The molecule has 5 heteroatoms. The molecule has 1 N–H and O–H groups in total. The third-order valence-electron chi connectivity index (χ3n) is 3.63. The lowest BCUT2D eigenvalue weighted by Crippen LogP contribution is -2.25. The van der Waals surface area contributed by atoms with Crippen molar-refractivity contribution in [3.8, 4) is 0 Å². The minimum Gasteiger partial charge on any atom is -0.481 e. The van der Waals surface area contributed by atoms with E-state index in [1.165, 1.54) is 0 Å². The van der Waals surface area contributed by atoms with E-state index in [9.17, 15) is 9.59 Å². The molecule has 0 aliphatic rings. The Morgan fingerprint density at radius 1 is 1.24 bits per heavy atom. The molecule has 1 aromatic carbocycles. The zero-order valence-corrected chi connectivity index (χ0v) is 12.4. The Labute approximate surface area is 123 Å². The number of rotatable bonds is 6. The fraction of sp³-hybridized carbons (Fsp3) is 0.375. The Balaban J connectivity index is 2.40. The summed E-state index contributed by atoms with van der Waals surface area (Å²) in [5.41, 5.74) is 1.88. The third kappa shape index (κ3) is 3.24. The van der Waals surface area contributed by atoms with E-state index in [-0.39, 0.29) is 12.0 Å². The van der Waals surface area contributed by atoms with Crippen molar-refractivity contribution in [2.45, 2.75) is 26.8 Å². The number of pyridine rings is 1. The van der Waals surface area contributed by atoms with Crippen LogP contribution >= 0.6 is 0 Å². The first kappa shape index (κ1) is 15.1. The summed E-state index contributed by atoms with van der Waals surface area (Å²) < 4.78 is 1.73. The Kier molecular flexibility index (Phi) is 4.62. The number of aromatic nitrogens is 1. The normalized spacial score (nSPS) is 10.8. The van der Waals surface area contributed by atoms with Gasteiger partial charge in [-0.3, -0.25) is 9.59 Å². The SMILES string of the molecule is CCN(CCC(=O)O)c1ccc2c(ccc(=O)n2CC)c1. The molecule has 0 radical (unpaired) electrons. The summed E-state index contributed by atoms with van der Waals surface area (Å²) in [6.45, 7) is 5.79. The number of hydrogen-bond donors (Lipinski definition) is 1. The Morgan fingerprint density at radius 3 is 2.62 bits per heavy atom. The molecule has 5 nitrogen and oxygen atoms in total. The van der Waals surface area contributed by atoms with Crippen LogP contribution in [0.5, 0.6) is 0 Å². The van der Waals surface area contributed by atoms with Gasteiger partial charge in [-0.05, 0) is 38.1 Å². The maximum atomic E-state index is 11.8. The van der Waals surface area contributed by atoms with E-state index in [4.69, 9.17) is 5.11 Å². The predicted molar refractivity (Wildman–Crippen MR) is 84.0 cm³/mol. The van der Waals surface area contributed by atoms with Gasteiger partial charge in [-0.1, -0.05) is 0 Å². The first-order valence-corrected chi connectivity index (χ1v) is 7.17. The lowest BCUT2D eigenvalue weighted by atomic mass is 10.1. The zero-order chi connectivity index (χ0) is 15.4. The first-order valence-electron chi connectivity index (χ1n) is 7.17. The van der Waals surface area contributed by atoms with Gasteiger partial charge in [-0.2, -0.15) is 0 Å². The Morgan fingerprint density at radius 2 is 2.00 bits per heavy atom. The van der Waals surface area contributed by atoms with Crippen molar-refractivity contribution in [3.05, 3.63) is 40.7 Å². The molecule has 0 saturated heterocycles. The van der Waals surface area contributed by atoms with Crippen LogP contribution in [0.25, 0.3) is 10.9 Å². The molecular weight excluding hydrogens is 268 g/mol. The van der Waals surface area contributed by atoms with Gasteiger partial charge in [0.25, 0.3) is 5.56 Å². The van der Waals surface area contributed by atoms with Crippen molar-refractivity contribution in [2.24, 2.45) is 0 Å². The van der Waals surface area contributed by atoms with Crippen LogP contribution in [-0.4, -0.2) is 28.7 Å². The quantitative estimate of drug-likeness (QED) is 0.886. The van der Waals surface area contributed by atoms with Crippen molar-refractivity contribution in [1.29, 1.82) is 0 Å². The van der Waals surface area contributed by atoms with E-state index in [0.717, 1.165) is 23.1 Å². The highest BCUT2D eigenvalue weighted by Crippen LogP contribution is 2.21. The van der Waals surface area contributed by atoms with Gasteiger partial charge >= 0.3 is 5.97 Å². The Bertz CT molecular complexity index is 706. The third-order valence-corrected chi connectivity index (χ3v) is 3.63. The molecule has 0 atom stereocenters. The molecule has 0 aliphatic heterocycles. The van der Waals surface area contributed by atoms with Crippen LogP contribution in [0.2, 0.25) is 0 Å². The molecule has 112 valence electrons. The summed E-state index contributed by atoms with van der Waals surface area (Å²) in [4.78, 5) is 24.5. The van der Waals surface area contributed by atoms with E-state index >= 15 is 0 Å². The highest BCUT2D eigenvalue weighted by atomic mass is 16.4. The number of carbonyl (C=O) groups is 1. The molecule has 0 aliphatic carbocycles. The molecule has 0 bridgehead atoms. The van der Waals surface area contributed by atoms with Gasteiger partial charge in [0, 0.05) is 36.8 Å². The fourth-order valence-corrected chi connectivity index (χ4v) is 2.51. The average Bonchev–Trinajstić information content (AvgIpc) is 2.47. The van der Waals surface area contributed by atoms with Gasteiger partial charge in [-0.15, -0.1) is 0 Å². The number of fused-ring (bicyclic) bond motifs is 1. The predicted octanol–water partition coefficient (Wildman–Crippen LogP) is 2.32. The van der Waals surface area contributed by atoms with Crippen LogP contribution in [0.1, 0.15) is 20.3 Å². The summed E-state index contributed by atoms with van der Waals surface area (Å²) >= 11 is 0. The zero-order valence-electron chi connectivity index (χ0n) is 12.4. The lowest BCUT2D eigenvalue weighted by Gasteiger charge is -2.23. The van der Waals surface area contributed by atoms with Gasteiger partial charge in [0.1, 0.15) is 0 Å². The number of carboxylic acid groups (broad SMARTS) is 1. The van der Waals surface area contributed by atoms with Gasteiger partial charge in [-0.25, -0.2) is 0 Å². The van der Waals surface area contributed by atoms with Crippen molar-refractivity contribution in [1.82, 2.24) is 4.57 Å². The minimum atomic E-state index is -0.797. The van der Waals surface area contributed by atoms with E-state index in [2.05, 4.69) is 0 Å². The molecule has 0 saturated carbocycles. The number of aliphatic carboxylic acids is 1. The number of carboxylic acids is 1. The van der Waals surface area contributed by atoms with E-state index in [1.54, 1.807) is 10.6 Å². The van der Waals surface area contributed by atoms with Crippen LogP contribution in [0.15, 0.2) is 35.1 Å². The van der Waals surface area contributed by atoms with Crippen LogP contribution in [0, 0.1) is 0 Å². The minimum absolute atomic E-state index is 0.00373. The second kappa shape index (κ2) is 6.43. The topological polar surface area (TPSA) is 62.5 Å². The largest absolute Gasteiger partial charge is 0.481 e. The standard InChI is InChI=1S/C16H20N2O3/c1-3-17(10-9-16(20)21)13-6-7-14-12(11-13)5-8-15(19)18(14)4-2/h5-8,11H,3-4,9-10H2,1-2H3,(H,20,21). The number of anilines is 1. The molecule has 2 rings (SSSR count). The molecule has 0 spiro atoms. The van der Waals surface area contributed by atoms with Gasteiger partial charge in [0.15, 0.2) is 0 Å². The van der Waals surface area contributed by atoms with Gasteiger partial charge in [0.2, 0.25) is 0 Å². The molecular formula is C16H20N2O3. The summed E-state index contributed by atoms with van der Waals surface area (Å²) in [6.07, 6.45) is 0.111. The van der Waals surface area contributed by atoms with Crippen LogP contribution in [0.4, 0.5) is 5.69 Å². The summed E-state index contributed by atoms with van der Waals surface area (Å²) in [7, 11) is 0. The molecule has 0 unspecified atom stereocenters. The highest BCUT2D eigenvalue weighted by Gasteiger charge is 2.09. The van der Waals surface area contributed by atoms with Gasteiger partial charge < -0.3 is 14.6 Å². The van der Waals surface area contributed by atoms with Crippen molar-refractivity contribution in [3.63, 3.8) is 0 Å². The van der Waals surface area contributed by atoms with Crippen molar-refractivity contribution in [2.75, 3.05) is 18.0 Å². The van der Waals surface area contributed by atoms with E-state index in [1.807, 2.05) is 43.0 Å². The van der Waals surface area contributed by atoms with Crippen LogP contribution in [-0.2, 0) is 11.3 Å². The van der Waals surface area contributed by atoms with Crippen LogP contribution in [0.3, 0.4) is 0 Å². The molecule has 2 aromatic rings. The smallest absolute Gasteiger partial charge is 0.305 e. The second-order valence-corrected chi connectivity index (χ2v) is 4.88. The van der Waals surface area contributed by atoms with Crippen molar-refractivity contribution >= 4 is 22.6 Å². The summed E-state index contributed by atoms with van der Waals surface area (Å²) in [5.74, 6) is -0.797. The second-order valence-electron chi connectivity index (χ2n) is 4.88. The molecule has 1 aromatic heterocycles. The van der Waals surface area contributed by atoms with Gasteiger partial charge in [0.05, 0.1) is 11.9 Å². The summed E-state index contributed by atoms with van der Waals surface area (Å²) in [6, 6.07) is 9.27. The number of hydrogen-bond acceptors (Lipinski definition) is 3. The maximum Gasteiger partial charge on any atom is 0.305 e. The number of aryl methyl sites for hydroxylation is 1. The molecule has 1 heterocycles. The average molecular weight is 288 g/mol. The fourth-order valence-electron chi connectivity index (χ4n) is 2.51. The molecule has 0 fully saturated rings. The first-order chi connectivity index (χ1) is 10.1. The van der Waals surface area contributed by atoms with Crippen molar-refractivity contribution < 1.29 is 9.90 Å². The number of nitrogens with zero attached hydrogens (tertiary/aromatic N) is 2. The molecule has 0 amide bonds. The summed E-state index contributed by atoms with van der Waals surface area (Å²) in [5, 5.41) is 9.80. The maximum absolute atomic E-state index is 11.8. The van der Waals surface area contributed by atoms with E-state index < -0.39 is 5.97 Å². The highest BCUT2D eigenvalue weighted by molar-refractivity contribution is 5.83.